The van der Waals surface area contributed by atoms with E-state index >= 15 is 0 Å². The third-order valence-electron chi connectivity index (χ3n) is 2.61. The highest BCUT2D eigenvalue weighted by atomic mass is 16.5. The minimum atomic E-state index is 0.760. The van der Waals surface area contributed by atoms with E-state index in [4.69, 9.17) is 4.74 Å². The molecule has 0 bridgehead atoms. The van der Waals surface area contributed by atoms with Crippen LogP contribution in [0.4, 0.5) is 0 Å². The van der Waals surface area contributed by atoms with Gasteiger partial charge in [0.1, 0.15) is 0 Å². The Kier molecular flexibility index (Phi) is 2.98. The van der Waals surface area contributed by atoms with Crippen molar-refractivity contribution in [2.45, 2.75) is 25.8 Å². The molecule has 0 radical (unpaired) electrons. The molecule has 2 heterocycles. The van der Waals surface area contributed by atoms with Gasteiger partial charge in [-0.2, -0.15) is 0 Å². The van der Waals surface area contributed by atoms with Gasteiger partial charge in [-0.25, -0.2) is 4.98 Å². The molecular weight excluding hydrogens is 164 g/mol. The van der Waals surface area contributed by atoms with E-state index in [0.29, 0.717) is 0 Å². The van der Waals surface area contributed by atoms with Crippen molar-refractivity contribution >= 4 is 0 Å². The molecular formula is C10H16N2O. The first-order valence-corrected chi connectivity index (χ1v) is 4.98. The largest absolute Gasteiger partial charge is 0.381 e. The van der Waals surface area contributed by atoms with Crippen molar-refractivity contribution in [1.82, 2.24) is 9.55 Å². The Morgan fingerprint density at radius 2 is 2.54 bits per heavy atom. The molecule has 1 aromatic rings. The maximum Gasteiger partial charge on any atom is 0.0945 e. The maximum atomic E-state index is 5.43. The van der Waals surface area contributed by atoms with Gasteiger partial charge in [-0.3, -0.25) is 0 Å². The lowest BCUT2D eigenvalue weighted by Gasteiger charge is -2.21. The van der Waals surface area contributed by atoms with E-state index < -0.39 is 0 Å². The van der Waals surface area contributed by atoms with Gasteiger partial charge >= 0.3 is 0 Å². The van der Waals surface area contributed by atoms with Crippen molar-refractivity contribution in [3.8, 4) is 0 Å². The molecule has 1 aliphatic heterocycles. The Balaban J connectivity index is 1.72. The maximum absolute atomic E-state index is 5.43. The molecule has 1 fully saturated rings. The molecule has 1 unspecified atom stereocenters. The van der Waals surface area contributed by atoms with Gasteiger partial charge in [0.25, 0.3) is 0 Å². The van der Waals surface area contributed by atoms with Crippen LogP contribution < -0.4 is 0 Å². The summed E-state index contributed by atoms with van der Waals surface area (Å²) in [5.41, 5.74) is 0. The van der Waals surface area contributed by atoms with Crippen LogP contribution in [0.1, 0.15) is 19.3 Å². The van der Waals surface area contributed by atoms with Gasteiger partial charge in [0, 0.05) is 32.2 Å². The van der Waals surface area contributed by atoms with Crippen LogP contribution in [0.25, 0.3) is 0 Å². The molecule has 1 saturated heterocycles. The highest BCUT2D eigenvalue weighted by Gasteiger charge is 2.13. The first-order chi connectivity index (χ1) is 6.45. The first-order valence-electron chi connectivity index (χ1n) is 4.98. The predicted molar refractivity (Wildman–Crippen MR) is 50.4 cm³/mol. The number of imidazole rings is 1. The van der Waals surface area contributed by atoms with Crippen LogP contribution in [0.5, 0.6) is 0 Å². The summed E-state index contributed by atoms with van der Waals surface area (Å²) < 4.78 is 7.56. The van der Waals surface area contributed by atoms with E-state index in [1.807, 2.05) is 18.7 Å². The SMILES string of the molecule is c1cn(CCC2CCCOC2)cn1. The second-order valence-electron chi connectivity index (χ2n) is 3.67. The molecule has 1 atom stereocenters. The molecule has 13 heavy (non-hydrogen) atoms. The van der Waals surface area contributed by atoms with Crippen molar-refractivity contribution < 1.29 is 4.74 Å². The highest BCUT2D eigenvalue weighted by Crippen LogP contribution is 2.17. The average molecular weight is 180 g/mol. The Bertz CT molecular complexity index is 227. The van der Waals surface area contributed by atoms with Crippen molar-refractivity contribution in [2.24, 2.45) is 5.92 Å². The number of ether oxygens (including phenoxy) is 1. The number of hydrogen-bond acceptors (Lipinski definition) is 2. The minimum Gasteiger partial charge on any atom is -0.381 e. The molecule has 0 saturated carbocycles. The number of rotatable bonds is 3. The van der Waals surface area contributed by atoms with E-state index in [9.17, 15) is 0 Å². The van der Waals surface area contributed by atoms with E-state index in [1.54, 1.807) is 0 Å². The molecule has 0 N–H and O–H groups in total. The lowest BCUT2D eigenvalue weighted by Crippen LogP contribution is -2.18. The first kappa shape index (κ1) is 8.75. The van der Waals surface area contributed by atoms with Crippen molar-refractivity contribution in [3.63, 3.8) is 0 Å². The van der Waals surface area contributed by atoms with Gasteiger partial charge in [-0.1, -0.05) is 0 Å². The summed E-state index contributed by atoms with van der Waals surface area (Å²) in [7, 11) is 0. The van der Waals surface area contributed by atoms with Crippen LogP contribution in [-0.2, 0) is 11.3 Å². The Morgan fingerprint density at radius 1 is 1.54 bits per heavy atom. The van der Waals surface area contributed by atoms with Gasteiger partial charge in [0.15, 0.2) is 0 Å². The van der Waals surface area contributed by atoms with Crippen LogP contribution in [0.2, 0.25) is 0 Å². The molecule has 1 aromatic heterocycles. The molecule has 2 rings (SSSR count). The third kappa shape index (κ3) is 2.56. The summed E-state index contributed by atoms with van der Waals surface area (Å²) in [6.45, 7) is 2.99. The molecule has 3 nitrogen and oxygen atoms in total. The minimum absolute atomic E-state index is 0.760. The molecule has 0 aromatic carbocycles. The lowest BCUT2D eigenvalue weighted by molar-refractivity contribution is 0.0501. The summed E-state index contributed by atoms with van der Waals surface area (Å²) in [4.78, 5) is 4.02. The second-order valence-corrected chi connectivity index (χ2v) is 3.67. The highest BCUT2D eigenvalue weighted by molar-refractivity contribution is 4.74. The molecule has 0 aliphatic carbocycles. The van der Waals surface area contributed by atoms with Crippen molar-refractivity contribution in [1.29, 1.82) is 0 Å². The van der Waals surface area contributed by atoms with Gasteiger partial charge < -0.3 is 9.30 Å². The van der Waals surface area contributed by atoms with E-state index in [2.05, 4.69) is 9.55 Å². The van der Waals surface area contributed by atoms with Crippen LogP contribution in [0.3, 0.4) is 0 Å². The molecule has 72 valence electrons. The van der Waals surface area contributed by atoms with E-state index in [-0.39, 0.29) is 0 Å². The Morgan fingerprint density at radius 3 is 3.23 bits per heavy atom. The number of nitrogens with zero attached hydrogens (tertiary/aromatic N) is 2. The summed E-state index contributed by atoms with van der Waals surface area (Å²) in [6.07, 6.45) is 9.50. The second kappa shape index (κ2) is 4.42. The Labute approximate surface area is 78.7 Å². The fraction of sp³-hybridized carbons (Fsp3) is 0.700. The van der Waals surface area contributed by atoms with Gasteiger partial charge in [-0.15, -0.1) is 0 Å². The van der Waals surface area contributed by atoms with Crippen LogP contribution >= 0.6 is 0 Å². The zero-order valence-electron chi connectivity index (χ0n) is 7.85. The third-order valence-corrected chi connectivity index (χ3v) is 2.61. The smallest absolute Gasteiger partial charge is 0.0945 e. The summed E-state index contributed by atoms with van der Waals surface area (Å²) in [5.74, 6) is 0.760. The summed E-state index contributed by atoms with van der Waals surface area (Å²) in [5, 5.41) is 0. The van der Waals surface area contributed by atoms with Crippen molar-refractivity contribution in [3.05, 3.63) is 18.7 Å². The standard InChI is InChI=1S/C10H16N2O/c1-2-10(8-13-7-1)3-5-12-6-4-11-9-12/h4,6,9-10H,1-3,5,7-8H2. The number of aromatic nitrogens is 2. The lowest BCUT2D eigenvalue weighted by atomic mass is 9.99. The Hall–Kier alpha value is -0.830. The fourth-order valence-corrected chi connectivity index (χ4v) is 1.79. The monoisotopic (exact) mass is 180 g/mol. The average Bonchev–Trinajstić information content (AvgIpc) is 2.69. The quantitative estimate of drug-likeness (QED) is 0.708. The van der Waals surface area contributed by atoms with Gasteiger partial charge in [-0.05, 0) is 25.2 Å². The van der Waals surface area contributed by atoms with Crippen LogP contribution in [0, 0.1) is 5.92 Å². The zero-order chi connectivity index (χ0) is 8.93. The van der Waals surface area contributed by atoms with Crippen LogP contribution in [-0.4, -0.2) is 22.8 Å². The zero-order valence-corrected chi connectivity index (χ0v) is 7.85. The normalized spacial score (nSPS) is 23.2. The van der Waals surface area contributed by atoms with Crippen molar-refractivity contribution in [2.75, 3.05) is 13.2 Å². The summed E-state index contributed by atoms with van der Waals surface area (Å²) >= 11 is 0. The summed E-state index contributed by atoms with van der Waals surface area (Å²) in [6, 6.07) is 0. The molecule has 0 spiro atoms. The van der Waals surface area contributed by atoms with Gasteiger partial charge in [0.2, 0.25) is 0 Å². The molecule has 1 aliphatic rings. The topological polar surface area (TPSA) is 27.1 Å². The molecule has 0 amide bonds. The number of hydrogen-bond donors (Lipinski definition) is 0. The van der Waals surface area contributed by atoms with Crippen LogP contribution in [0.15, 0.2) is 18.7 Å². The molecule has 3 heteroatoms. The van der Waals surface area contributed by atoms with E-state index in [1.165, 1.54) is 19.3 Å². The van der Waals surface area contributed by atoms with E-state index in [0.717, 1.165) is 25.7 Å². The van der Waals surface area contributed by atoms with Gasteiger partial charge in [0.05, 0.1) is 6.33 Å². The fourth-order valence-electron chi connectivity index (χ4n) is 1.79. The predicted octanol–water partition coefficient (Wildman–Crippen LogP) is 1.70. The number of aryl methyl sites for hydroxylation is 1.